The molecule has 0 fully saturated rings. The highest BCUT2D eigenvalue weighted by Crippen LogP contribution is 2.08. The van der Waals surface area contributed by atoms with Crippen molar-refractivity contribution in [2.45, 2.75) is 32.8 Å². The lowest BCUT2D eigenvalue weighted by Crippen LogP contribution is -2.44. The van der Waals surface area contributed by atoms with E-state index in [1.54, 1.807) is 0 Å². The fraction of sp³-hybridized carbons (Fsp3) is 0.833. The van der Waals surface area contributed by atoms with E-state index in [4.69, 9.17) is 10.5 Å². The standard InChI is InChI=1S/C12H24N2O3/c1-9(2)6-12(16)17-10(7-11(13)15)8-14(3,4)5/h9-10H,6-8H2,1-5H3,(H-,13,15)/p+1. The van der Waals surface area contributed by atoms with Crippen LogP contribution >= 0.6 is 0 Å². The molecule has 0 heterocycles. The van der Waals surface area contributed by atoms with Crippen molar-refractivity contribution in [2.24, 2.45) is 11.7 Å². The van der Waals surface area contributed by atoms with Gasteiger partial charge in [-0.05, 0) is 5.92 Å². The van der Waals surface area contributed by atoms with Crippen molar-refractivity contribution in [3.05, 3.63) is 0 Å². The van der Waals surface area contributed by atoms with Gasteiger partial charge in [0.05, 0.1) is 27.6 Å². The maximum Gasteiger partial charge on any atom is 0.306 e. The molecule has 5 nitrogen and oxygen atoms in total. The van der Waals surface area contributed by atoms with Gasteiger partial charge in [0.15, 0.2) is 6.10 Å². The summed E-state index contributed by atoms with van der Waals surface area (Å²) in [7, 11) is 5.93. The summed E-state index contributed by atoms with van der Waals surface area (Å²) in [5.41, 5.74) is 5.15. The van der Waals surface area contributed by atoms with Crippen LogP contribution in [-0.2, 0) is 14.3 Å². The second-order valence-electron chi connectivity index (χ2n) is 5.85. The van der Waals surface area contributed by atoms with Crippen molar-refractivity contribution in [1.29, 1.82) is 0 Å². The minimum absolute atomic E-state index is 0.0827. The lowest BCUT2D eigenvalue weighted by Gasteiger charge is -2.28. The number of primary amides is 1. The maximum absolute atomic E-state index is 11.5. The van der Waals surface area contributed by atoms with E-state index in [-0.39, 0.29) is 18.3 Å². The first-order valence-corrected chi connectivity index (χ1v) is 5.88. The van der Waals surface area contributed by atoms with E-state index in [0.717, 1.165) is 0 Å². The van der Waals surface area contributed by atoms with E-state index in [2.05, 4.69) is 0 Å². The molecule has 0 aliphatic carbocycles. The molecule has 100 valence electrons. The van der Waals surface area contributed by atoms with Gasteiger partial charge < -0.3 is 15.0 Å². The van der Waals surface area contributed by atoms with Crippen LogP contribution in [0.5, 0.6) is 0 Å². The average molecular weight is 245 g/mol. The average Bonchev–Trinajstić information content (AvgIpc) is 1.95. The van der Waals surface area contributed by atoms with Crippen LogP contribution < -0.4 is 5.73 Å². The molecule has 1 amide bonds. The normalized spacial score (nSPS) is 13.5. The predicted molar refractivity (Wildman–Crippen MR) is 66.0 cm³/mol. The zero-order valence-electron chi connectivity index (χ0n) is 11.5. The van der Waals surface area contributed by atoms with Crippen LogP contribution in [0.2, 0.25) is 0 Å². The lowest BCUT2D eigenvalue weighted by atomic mass is 10.1. The molecule has 0 bridgehead atoms. The van der Waals surface area contributed by atoms with Crippen molar-refractivity contribution >= 4 is 11.9 Å². The number of hydrogen-bond donors (Lipinski definition) is 1. The number of amides is 1. The summed E-state index contributed by atoms with van der Waals surface area (Å²) in [5, 5.41) is 0. The zero-order chi connectivity index (χ0) is 13.6. The van der Waals surface area contributed by atoms with Gasteiger partial charge in [-0.3, -0.25) is 9.59 Å². The summed E-state index contributed by atoms with van der Waals surface area (Å²) in [6.45, 7) is 4.47. The monoisotopic (exact) mass is 245 g/mol. The minimum Gasteiger partial charge on any atom is -0.456 e. The van der Waals surface area contributed by atoms with E-state index < -0.39 is 12.0 Å². The summed E-state index contributed by atoms with van der Waals surface area (Å²) in [6.07, 6.45) is 0.0184. The molecule has 0 aromatic heterocycles. The van der Waals surface area contributed by atoms with Crippen LogP contribution in [0, 0.1) is 5.92 Å². The number of carbonyl (C=O) groups excluding carboxylic acids is 2. The van der Waals surface area contributed by atoms with Gasteiger partial charge in [-0.15, -0.1) is 0 Å². The van der Waals surface area contributed by atoms with E-state index in [1.165, 1.54) is 0 Å². The number of ether oxygens (including phenoxy) is 1. The van der Waals surface area contributed by atoms with E-state index in [9.17, 15) is 9.59 Å². The first-order chi connectivity index (χ1) is 7.60. The highest BCUT2D eigenvalue weighted by atomic mass is 16.5. The Labute approximate surface area is 103 Å². The lowest BCUT2D eigenvalue weighted by molar-refractivity contribution is -0.873. The topological polar surface area (TPSA) is 69.4 Å². The Morgan fingerprint density at radius 2 is 1.71 bits per heavy atom. The second-order valence-corrected chi connectivity index (χ2v) is 5.85. The fourth-order valence-electron chi connectivity index (χ4n) is 1.55. The summed E-state index contributed by atoms with van der Waals surface area (Å²) in [5.74, 6) is -0.457. The number of quaternary nitrogens is 1. The van der Waals surface area contributed by atoms with Gasteiger partial charge in [0, 0.05) is 6.42 Å². The number of hydrogen-bond acceptors (Lipinski definition) is 3. The Bertz CT molecular complexity index is 269. The molecule has 0 spiro atoms. The van der Waals surface area contributed by atoms with E-state index in [0.29, 0.717) is 17.4 Å². The molecule has 0 rings (SSSR count). The van der Waals surface area contributed by atoms with Crippen molar-refractivity contribution in [2.75, 3.05) is 27.7 Å². The Hall–Kier alpha value is -1.10. The van der Waals surface area contributed by atoms with Crippen molar-refractivity contribution in [1.82, 2.24) is 0 Å². The van der Waals surface area contributed by atoms with Crippen LogP contribution in [0.4, 0.5) is 0 Å². The Balaban J connectivity index is 4.38. The van der Waals surface area contributed by atoms with Gasteiger partial charge in [-0.25, -0.2) is 0 Å². The van der Waals surface area contributed by atoms with Gasteiger partial charge in [0.2, 0.25) is 5.91 Å². The molecule has 1 unspecified atom stereocenters. The second kappa shape index (κ2) is 6.59. The van der Waals surface area contributed by atoms with Crippen LogP contribution in [0.25, 0.3) is 0 Å². The molecule has 17 heavy (non-hydrogen) atoms. The number of nitrogens with two attached hydrogens (primary N) is 1. The third-order valence-corrected chi connectivity index (χ3v) is 2.05. The molecule has 0 aromatic carbocycles. The van der Waals surface area contributed by atoms with Crippen molar-refractivity contribution in [3.8, 4) is 0 Å². The minimum atomic E-state index is -0.444. The van der Waals surface area contributed by atoms with Gasteiger partial charge in [0.25, 0.3) is 0 Å². The third-order valence-electron chi connectivity index (χ3n) is 2.05. The number of nitrogens with zero attached hydrogens (tertiary/aromatic N) is 1. The van der Waals surface area contributed by atoms with E-state index in [1.807, 2.05) is 35.0 Å². The smallest absolute Gasteiger partial charge is 0.306 e. The quantitative estimate of drug-likeness (QED) is 0.525. The third kappa shape index (κ3) is 9.81. The van der Waals surface area contributed by atoms with Crippen LogP contribution in [0.3, 0.4) is 0 Å². The Morgan fingerprint density at radius 1 is 1.18 bits per heavy atom. The largest absolute Gasteiger partial charge is 0.456 e. The number of likely N-dealkylation sites (N-methyl/N-ethyl adjacent to an activating group) is 1. The molecule has 0 aromatic rings. The SMILES string of the molecule is CC(C)CC(=O)OC(CC(N)=O)C[N+](C)(C)C. The molecule has 5 heteroatoms. The Morgan fingerprint density at radius 3 is 2.06 bits per heavy atom. The fourth-order valence-corrected chi connectivity index (χ4v) is 1.55. The molecule has 0 saturated carbocycles. The van der Waals surface area contributed by atoms with Gasteiger partial charge in [0.1, 0.15) is 6.54 Å². The van der Waals surface area contributed by atoms with Crippen LogP contribution in [-0.4, -0.2) is 50.2 Å². The molecule has 0 aliphatic rings. The van der Waals surface area contributed by atoms with Gasteiger partial charge >= 0.3 is 5.97 Å². The molecule has 0 aliphatic heterocycles. The van der Waals surface area contributed by atoms with Crippen LogP contribution in [0.1, 0.15) is 26.7 Å². The summed E-state index contributed by atoms with van der Waals surface area (Å²) < 4.78 is 5.91. The molecular formula is C12H25N2O3+. The molecule has 0 saturated heterocycles. The molecule has 2 N–H and O–H groups in total. The summed E-state index contributed by atoms with van der Waals surface area (Å²) in [6, 6.07) is 0. The number of esters is 1. The first kappa shape index (κ1) is 15.9. The zero-order valence-corrected chi connectivity index (χ0v) is 11.5. The maximum atomic E-state index is 11.5. The molecular weight excluding hydrogens is 220 g/mol. The van der Waals surface area contributed by atoms with E-state index >= 15 is 0 Å². The predicted octanol–water partition coefficient (Wildman–Crippen LogP) is 0.526. The summed E-state index contributed by atoms with van der Waals surface area (Å²) in [4.78, 5) is 22.5. The van der Waals surface area contributed by atoms with Gasteiger partial charge in [-0.2, -0.15) is 0 Å². The summed E-state index contributed by atoms with van der Waals surface area (Å²) >= 11 is 0. The Kier molecular flexibility index (Phi) is 6.16. The number of carbonyl (C=O) groups is 2. The highest BCUT2D eigenvalue weighted by Gasteiger charge is 2.24. The highest BCUT2D eigenvalue weighted by molar-refractivity contribution is 5.75. The molecule has 0 radical (unpaired) electrons. The molecule has 1 atom stereocenters. The number of rotatable bonds is 7. The van der Waals surface area contributed by atoms with Crippen molar-refractivity contribution in [3.63, 3.8) is 0 Å². The van der Waals surface area contributed by atoms with Crippen molar-refractivity contribution < 1.29 is 18.8 Å². The first-order valence-electron chi connectivity index (χ1n) is 5.88. The van der Waals surface area contributed by atoms with Gasteiger partial charge in [-0.1, -0.05) is 13.8 Å². The van der Waals surface area contributed by atoms with Crippen LogP contribution in [0.15, 0.2) is 0 Å².